The number of nitrogens with two attached hydrogens (primary N) is 1. The second kappa shape index (κ2) is 9.82. The van der Waals surface area contributed by atoms with Gasteiger partial charge in [-0.15, -0.1) is 0 Å². The summed E-state index contributed by atoms with van der Waals surface area (Å²) in [6.45, 7) is -0.760. The molecular weight excluding hydrogens is 298 g/mol. The van der Waals surface area contributed by atoms with Gasteiger partial charge in [-0.05, 0) is 12.1 Å². The number of hydrogen-bond acceptors (Lipinski definition) is 8. The summed E-state index contributed by atoms with van der Waals surface area (Å²) in [5, 5.41) is 52.0. The van der Waals surface area contributed by atoms with Crippen LogP contribution in [0.1, 0.15) is 10.4 Å². The molecule has 0 fully saturated rings. The fraction of sp³-hybridized carbons (Fsp3) is 0.385. The maximum Gasteiger partial charge on any atom is 0.337 e. The summed E-state index contributed by atoms with van der Waals surface area (Å²) in [7, 11) is 0. The van der Waals surface area contributed by atoms with Crippen molar-refractivity contribution in [3.05, 3.63) is 29.8 Å². The minimum atomic E-state index is -1.79. The van der Waals surface area contributed by atoms with Crippen molar-refractivity contribution in [1.82, 2.24) is 0 Å². The van der Waals surface area contributed by atoms with Crippen LogP contribution in [0, 0.1) is 0 Å². The van der Waals surface area contributed by atoms with Gasteiger partial charge in [-0.3, -0.25) is 0 Å². The van der Waals surface area contributed by atoms with Crippen molar-refractivity contribution in [3.63, 3.8) is 0 Å². The Hall–Kier alpha value is -2.04. The molecule has 22 heavy (non-hydrogen) atoms. The van der Waals surface area contributed by atoms with Crippen molar-refractivity contribution in [3.8, 4) is 0 Å². The van der Waals surface area contributed by atoms with Crippen LogP contribution in [-0.4, -0.2) is 73.9 Å². The van der Waals surface area contributed by atoms with Gasteiger partial charge in [0.2, 0.25) is 0 Å². The van der Waals surface area contributed by atoms with Gasteiger partial charge in [-0.25, -0.2) is 4.79 Å². The minimum absolute atomic E-state index is 0.0258. The maximum atomic E-state index is 10.3. The summed E-state index contributed by atoms with van der Waals surface area (Å²) in [6.07, 6.45) is -6.84. The molecule has 1 aromatic rings. The van der Waals surface area contributed by atoms with Gasteiger partial charge < -0.3 is 41.2 Å². The Bertz CT molecular complexity index is 481. The topological polar surface area (TPSA) is 182 Å². The zero-order chi connectivity index (χ0) is 17.3. The lowest BCUT2D eigenvalue weighted by Crippen LogP contribution is -2.46. The molecule has 0 amide bonds. The standard InChI is InChI=1S/C7H7NO2.C6H12O6/c8-6-4-2-1-3-5(6)7(9)10;7-1-3(9)5(11)6(12)4(10)2-8/h1-4H,8H2,(H,9,10);1,3-6,8-12H,2H2. The molecule has 0 spiro atoms. The summed E-state index contributed by atoms with van der Waals surface area (Å²) in [4.78, 5) is 20.2. The molecule has 0 radical (unpaired) electrons. The Labute approximate surface area is 125 Å². The van der Waals surface area contributed by atoms with Gasteiger partial charge in [0.1, 0.15) is 24.4 Å². The van der Waals surface area contributed by atoms with Crippen LogP contribution < -0.4 is 5.73 Å². The zero-order valence-electron chi connectivity index (χ0n) is 11.5. The highest BCUT2D eigenvalue weighted by molar-refractivity contribution is 5.93. The van der Waals surface area contributed by atoms with Crippen LogP contribution in [-0.2, 0) is 4.79 Å². The first-order valence-electron chi connectivity index (χ1n) is 6.12. The summed E-state index contributed by atoms with van der Waals surface area (Å²) < 4.78 is 0. The lowest BCUT2D eigenvalue weighted by atomic mass is 10.0. The molecule has 1 aromatic carbocycles. The molecule has 0 saturated carbocycles. The van der Waals surface area contributed by atoms with Crippen LogP contribution in [0.2, 0.25) is 0 Å². The Morgan fingerprint density at radius 2 is 1.68 bits per heavy atom. The maximum absolute atomic E-state index is 10.3. The van der Waals surface area contributed by atoms with E-state index >= 15 is 0 Å². The van der Waals surface area contributed by atoms with Gasteiger partial charge in [0, 0.05) is 5.69 Å². The Morgan fingerprint density at radius 3 is 2.05 bits per heavy atom. The van der Waals surface area contributed by atoms with Crippen LogP contribution in [0.4, 0.5) is 5.69 Å². The van der Waals surface area contributed by atoms with Gasteiger partial charge in [-0.1, -0.05) is 12.1 Å². The highest BCUT2D eigenvalue weighted by Crippen LogP contribution is 2.09. The van der Waals surface area contributed by atoms with E-state index in [0.717, 1.165) is 0 Å². The predicted octanol–water partition coefficient (Wildman–Crippen LogP) is -2.41. The van der Waals surface area contributed by atoms with Crippen LogP contribution in [0.25, 0.3) is 0 Å². The highest BCUT2D eigenvalue weighted by Gasteiger charge is 2.29. The smallest absolute Gasteiger partial charge is 0.337 e. The number of para-hydroxylation sites is 1. The normalized spacial score (nSPS) is 15.7. The van der Waals surface area contributed by atoms with Crippen LogP contribution >= 0.6 is 0 Å². The highest BCUT2D eigenvalue weighted by atomic mass is 16.4. The molecule has 124 valence electrons. The van der Waals surface area contributed by atoms with Crippen molar-refractivity contribution >= 4 is 17.9 Å². The van der Waals surface area contributed by atoms with E-state index in [4.69, 9.17) is 36.4 Å². The molecular formula is C13H19NO8. The van der Waals surface area contributed by atoms with E-state index in [9.17, 15) is 9.59 Å². The van der Waals surface area contributed by atoms with Gasteiger partial charge in [-0.2, -0.15) is 0 Å². The van der Waals surface area contributed by atoms with Crippen molar-refractivity contribution in [1.29, 1.82) is 0 Å². The summed E-state index contributed by atoms with van der Waals surface area (Å²) in [5.41, 5.74) is 5.80. The molecule has 9 nitrogen and oxygen atoms in total. The van der Waals surface area contributed by atoms with Gasteiger partial charge in [0.15, 0.2) is 6.29 Å². The van der Waals surface area contributed by atoms with E-state index < -0.39 is 37.0 Å². The molecule has 0 saturated heterocycles. The number of nitrogen functional groups attached to an aromatic ring is 1. The van der Waals surface area contributed by atoms with Crippen molar-refractivity contribution in [2.24, 2.45) is 0 Å². The van der Waals surface area contributed by atoms with E-state index in [2.05, 4.69) is 0 Å². The van der Waals surface area contributed by atoms with Gasteiger partial charge >= 0.3 is 5.97 Å². The van der Waals surface area contributed by atoms with Gasteiger partial charge in [0.05, 0.1) is 12.2 Å². The Kier molecular flexibility index (Phi) is 8.91. The monoisotopic (exact) mass is 317 g/mol. The second-order valence-corrected chi connectivity index (χ2v) is 4.25. The molecule has 0 bridgehead atoms. The number of rotatable bonds is 6. The molecule has 1 rings (SSSR count). The van der Waals surface area contributed by atoms with E-state index in [-0.39, 0.29) is 11.8 Å². The third-order valence-electron chi connectivity index (χ3n) is 2.61. The number of aliphatic hydroxyl groups excluding tert-OH is 5. The predicted molar refractivity (Wildman–Crippen MR) is 75.0 cm³/mol. The third-order valence-corrected chi connectivity index (χ3v) is 2.61. The average molecular weight is 317 g/mol. The van der Waals surface area contributed by atoms with Crippen LogP contribution in [0.15, 0.2) is 24.3 Å². The van der Waals surface area contributed by atoms with E-state index in [1.54, 1.807) is 18.2 Å². The molecule has 8 N–H and O–H groups in total. The molecule has 4 atom stereocenters. The first-order valence-corrected chi connectivity index (χ1v) is 6.12. The Morgan fingerprint density at radius 1 is 1.14 bits per heavy atom. The number of carbonyl (C=O) groups excluding carboxylic acids is 1. The molecule has 4 unspecified atom stereocenters. The lowest BCUT2D eigenvalue weighted by molar-refractivity contribution is -0.136. The number of aldehydes is 1. The number of carboxylic acid groups (broad SMARTS) is 1. The SMILES string of the molecule is Nc1ccccc1C(=O)O.O=CC(O)C(O)C(O)C(O)CO. The number of aliphatic hydroxyl groups is 5. The fourth-order valence-electron chi connectivity index (χ4n) is 1.31. The number of carboxylic acids is 1. The molecule has 0 aliphatic carbocycles. The number of benzene rings is 1. The first kappa shape index (κ1) is 20.0. The Balaban J connectivity index is 0.000000406. The fourth-order valence-corrected chi connectivity index (χ4v) is 1.31. The first-order chi connectivity index (χ1) is 10.3. The van der Waals surface area contributed by atoms with E-state index in [0.29, 0.717) is 5.69 Å². The molecule has 0 aliphatic rings. The zero-order valence-corrected chi connectivity index (χ0v) is 11.5. The lowest BCUT2D eigenvalue weighted by Gasteiger charge is -2.22. The van der Waals surface area contributed by atoms with Gasteiger partial charge in [0.25, 0.3) is 0 Å². The van der Waals surface area contributed by atoms with Crippen molar-refractivity contribution in [2.45, 2.75) is 24.4 Å². The van der Waals surface area contributed by atoms with Crippen LogP contribution in [0.5, 0.6) is 0 Å². The summed E-state index contributed by atoms with van der Waals surface area (Å²) in [6, 6.07) is 6.36. The largest absolute Gasteiger partial charge is 0.478 e. The third kappa shape index (κ3) is 6.16. The quantitative estimate of drug-likeness (QED) is 0.222. The minimum Gasteiger partial charge on any atom is -0.478 e. The number of aromatic carboxylic acids is 1. The summed E-state index contributed by atoms with van der Waals surface area (Å²) in [5.74, 6) is -0.988. The van der Waals surface area contributed by atoms with Crippen molar-refractivity contribution < 1.29 is 40.2 Å². The average Bonchev–Trinajstić information content (AvgIpc) is 2.52. The number of carbonyl (C=O) groups is 2. The molecule has 0 aromatic heterocycles. The molecule has 0 aliphatic heterocycles. The summed E-state index contributed by atoms with van der Waals surface area (Å²) >= 11 is 0. The van der Waals surface area contributed by atoms with Crippen LogP contribution in [0.3, 0.4) is 0 Å². The van der Waals surface area contributed by atoms with Crippen molar-refractivity contribution in [2.75, 3.05) is 12.3 Å². The molecule has 9 heteroatoms. The van der Waals surface area contributed by atoms with E-state index in [1.165, 1.54) is 6.07 Å². The molecule has 0 heterocycles. The van der Waals surface area contributed by atoms with E-state index in [1.807, 2.05) is 0 Å². The number of hydrogen-bond donors (Lipinski definition) is 7. The number of anilines is 1. The second-order valence-electron chi connectivity index (χ2n) is 4.25.